The van der Waals surface area contributed by atoms with Crippen LogP contribution in [-0.2, 0) is 13.1 Å². The van der Waals surface area contributed by atoms with Gasteiger partial charge >= 0.3 is 0 Å². The number of ether oxygens (including phenoxy) is 2. The largest absolute Gasteiger partial charge is 0.496 e. The van der Waals surface area contributed by atoms with Crippen molar-refractivity contribution in [1.82, 2.24) is 0 Å². The molecule has 24 heavy (non-hydrogen) atoms. The first-order valence-electron chi connectivity index (χ1n) is 8.10. The Hall–Kier alpha value is -2.78. The Morgan fingerprint density at radius 3 is 2.33 bits per heavy atom. The summed E-state index contributed by atoms with van der Waals surface area (Å²) in [6.07, 6.45) is 0. The summed E-state index contributed by atoms with van der Waals surface area (Å²) in [4.78, 5) is 0. The van der Waals surface area contributed by atoms with Crippen molar-refractivity contribution in [2.75, 3.05) is 7.11 Å². The molecule has 2 N–H and O–H groups in total. The van der Waals surface area contributed by atoms with Crippen LogP contribution in [0.5, 0.6) is 17.2 Å². The Balaban J connectivity index is 1.59. The topological polar surface area (TPSA) is 35.1 Å². The summed E-state index contributed by atoms with van der Waals surface area (Å²) in [6, 6.07) is 26.2. The van der Waals surface area contributed by atoms with Crippen molar-refractivity contribution in [3.8, 4) is 17.2 Å². The first-order valence-corrected chi connectivity index (χ1v) is 8.10. The predicted molar refractivity (Wildman–Crippen MR) is 95.3 cm³/mol. The van der Waals surface area contributed by atoms with Gasteiger partial charge in [0.25, 0.3) is 0 Å². The molecule has 0 bridgehead atoms. The molecule has 0 saturated heterocycles. The molecule has 122 valence electrons. The van der Waals surface area contributed by atoms with Gasteiger partial charge in [-0.1, -0.05) is 42.5 Å². The zero-order chi connectivity index (χ0) is 16.6. The van der Waals surface area contributed by atoms with Gasteiger partial charge in [0.15, 0.2) is 0 Å². The van der Waals surface area contributed by atoms with Gasteiger partial charge < -0.3 is 14.8 Å². The standard InChI is InChI=1S/C21H21NO2/c1-23-21-13-6-5-9-18(21)16-22-15-17-8-7-12-20(14-17)24-19-10-3-2-4-11-19/h2-14,22H,15-16H2,1H3/p+1. The molecule has 3 heteroatoms. The van der Waals surface area contributed by atoms with Crippen LogP contribution in [0.15, 0.2) is 78.9 Å². The lowest BCUT2D eigenvalue weighted by molar-refractivity contribution is -0.686. The third-order valence-electron chi connectivity index (χ3n) is 3.81. The molecule has 0 atom stereocenters. The number of hydrogen-bond donors (Lipinski definition) is 1. The number of rotatable bonds is 7. The zero-order valence-corrected chi connectivity index (χ0v) is 13.8. The number of quaternary nitrogens is 1. The number of hydrogen-bond acceptors (Lipinski definition) is 2. The third kappa shape index (κ3) is 4.37. The minimum Gasteiger partial charge on any atom is -0.496 e. The van der Waals surface area contributed by atoms with Crippen molar-refractivity contribution in [3.05, 3.63) is 90.0 Å². The highest BCUT2D eigenvalue weighted by Crippen LogP contribution is 2.21. The van der Waals surface area contributed by atoms with Crippen LogP contribution in [0, 0.1) is 0 Å². The second kappa shape index (κ2) is 8.18. The Bertz CT molecular complexity index is 772. The molecule has 0 heterocycles. The predicted octanol–water partition coefficient (Wildman–Crippen LogP) is 3.75. The maximum absolute atomic E-state index is 5.89. The van der Waals surface area contributed by atoms with Gasteiger partial charge in [-0.3, -0.25) is 0 Å². The molecule has 3 aromatic rings. The Morgan fingerprint density at radius 2 is 1.50 bits per heavy atom. The van der Waals surface area contributed by atoms with Gasteiger partial charge in [0.05, 0.1) is 7.11 Å². The molecule has 0 amide bonds. The maximum atomic E-state index is 5.89. The highest BCUT2D eigenvalue weighted by molar-refractivity contribution is 5.34. The fourth-order valence-electron chi connectivity index (χ4n) is 2.63. The van der Waals surface area contributed by atoms with Crippen LogP contribution >= 0.6 is 0 Å². The Labute approximate surface area is 142 Å². The van der Waals surface area contributed by atoms with Crippen molar-refractivity contribution in [2.24, 2.45) is 0 Å². The number of methoxy groups -OCH3 is 1. The van der Waals surface area contributed by atoms with Crippen molar-refractivity contribution >= 4 is 0 Å². The molecule has 0 spiro atoms. The van der Waals surface area contributed by atoms with Crippen molar-refractivity contribution in [2.45, 2.75) is 13.1 Å². The van der Waals surface area contributed by atoms with E-state index in [1.54, 1.807) is 7.11 Å². The summed E-state index contributed by atoms with van der Waals surface area (Å²) in [5, 5.41) is 2.26. The molecule has 0 aromatic heterocycles. The SMILES string of the molecule is COc1ccccc1C[NH2+]Cc1cccc(Oc2ccccc2)c1. The summed E-state index contributed by atoms with van der Waals surface area (Å²) < 4.78 is 11.3. The van der Waals surface area contributed by atoms with E-state index in [4.69, 9.17) is 9.47 Å². The van der Waals surface area contributed by atoms with Crippen LogP contribution in [0.3, 0.4) is 0 Å². The lowest BCUT2D eigenvalue weighted by Gasteiger charge is -2.09. The van der Waals surface area contributed by atoms with Crippen LogP contribution in [0.25, 0.3) is 0 Å². The summed E-state index contributed by atoms with van der Waals surface area (Å²) in [5.74, 6) is 2.66. The zero-order valence-electron chi connectivity index (χ0n) is 13.8. The lowest BCUT2D eigenvalue weighted by atomic mass is 10.2. The van der Waals surface area contributed by atoms with E-state index < -0.39 is 0 Å². The van der Waals surface area contributed by atoms with Gasteiger partial charge in [-0.25, -0.2) is 0 Å². The summed E-state index contributed by atoms with van der Waals surface area (Å²) in [6.45, 7) is 1.78. The molecule has 0 aliphatic rings. The quantitative estimate of drug-likeness (QED) is 0.719. The highest BCUT2D eigenvalue weighted by atomic mass is 16.5. The molecule has 0 aliphatic carbocycles. The average molecular weight is 320 g/mol. The molecule has 0 saturated carbocycles. The summed E-state index contributed by atoms with van der Waals surface area (Å²) in [5.41, 5.74) is 2.44. The Morgan fingerprint density at radius 1 is 0.750 bits per heavy atom. The second-order valence-electron chi connectivity index (χ2n) is 5.57. The molecule has 0 unspecified atom stereocenters. The van der Waals surface area contributed by atoms with Gasteiger partial charge in [0.1, 0.15) is 30.3 Å². The molecule has 0 fully saturated rings. The normalized spacial score (nSPS) is 10.4. The smallest absolute Gasteiger partial charge is 0.127 e. The fourth-order valence-corrected chi connectivity index (χ4v) is 2.63. The first-order chi connectivity index (χ1) is 11.8. The van der Waals surface area contributed by atoms with Crippen molar-refractivity contribution in [1.29, 1.82) is 0 Å². The minimum absolute atomic E-state index is 0.854. The molecular formula is C21H22NO2+. The lowest BCUT2D eigenvalue weighted by Crippen LogP contribution is -2.80. The van der Waals surface area contributed by atoms with Gasteiger partial charge in [0.2, 0.25) is 0 Å². The monoisotopic (exact) mass is 320 g/mol. The minimum atomic E-state index is 0.854. The van der Waals surface area contributed by atoms with Crippen LogP contribution in [0.2, 0.25) is 0 Å². The maximum Gasteiger partial charge on any atom is 0.127 e. The summed E-state index contributed by atoms with van der Waals surface area (Å²) >= 11 is 0. The average Bonchev–Trinajstić information content (AvgIpc) is 2.63. The van der Waals surface area contributed by atoms with E-state index in [9.17, 15) is 0 Å². The van der Waals surface area contributed by atoms with Crippen LogP contribution in [-0.4, -0.2) is 7.11 Å². The van der Waals surface area contributed by atoms with E-state index in [-0.39, 0.29) is 0 Å². The number of nitrogens with two attached hydrogens (primary N) is 1. The van der Waals surface area contributed by atoms with Crippen LogP contribution in [0.4, 0.5) is 0 Å². The van der Waals surface area contributed by atoms with E-state index in [0.717, 1.165) is 30.3 Å². The molecule has 3 rings (SSSR count). The van der Waals surface area contributed by atoms with Crippen molar-refractivity contribution < 1.29 is 14.8 Å². The van der Waals surface area contributed by atoms with Gasteiger partial charge in [-0.2, -0.15) is 0 Å². The van der Waals surface area contributed by atoms with E-state index in [2.05, 4.69) is 23.5 Å². The van der Waals surface area contributed by atoms with Gasteiger partial charge in [0, 0.05) is 11.1 Å². The first kappa shape index (κ1) is 16.1. The molecular weight excluding hydrogens is 298 g/mol. The fraction of sp³-hybridized carbons (Fsp3) is 0.143. The second-order valence-corrected chi connectivity index (χ2v) is 5.57. The van der Waals surface area contributed by atoms with Crippen LogP contribution in [0.1, 0.15) is 11.1 Å². The highest BCUT2D eigenvalue weighted by Gasteiger charge is 2.05. The van der Waals surface area contributed by atoms with E-state index in [0.29, 0.717) is 0 Å². The number of benzene rings is 3. The van der Waals surface area contributed by atoms with Crippen molar-refractivity contribution in [3.63, 3.8) is 0 Å². The van der Waals surface area contributed by atoms with Gasteiger partial charge in [-0.15, -0.1) is 0 Å². The van der Waals surface area contributed by atoms with E-state index in [1.807, 2.05) is 60.7 Å². The summed E-state index contributed by atoms with van der Waals surface area (Å²) in [7, 11) is 1.71. The Kier molecular flexibility index (Phi) is 5.48. The molecule has 3 nitrogen and oxygen atoms in total. The molecule has 0 radical (unpaired) electrons. The van der Waals surface area contributed by atoms with Crippen LogP contribution < -0.4 is 14.8 Å². The molecule has 3 aromatic carbocycles. The van der Waals surface area contributed by atoms with E-state index in [1.165, 1.54) is 11.1 Å². The van der Waals surface area contributed by atoms with E-state index >= 15 is 0 Å². The third-order valence-corrected chi connectivity index (χ3v) is 3.81. The number of para-hydroxylation sites is 2. The van der Waals surface area contributed by atoms with Gasteiger partial charge in [-0.05, 0) is 36.4 Å². The molecule has 0 aliphatic heterocycles.